The van der Waals surface area contributed by atoms with E-state index >= 15 is 0 Å². The molecule has 25 heavy (non-hydrogen) atoms. The Morgan fingerprint density at radius 3 is 2.28 bits per heavy atom. The summed E-state index contributed by atoms with van der Waals surface area (Å²) in [7, 11) is -3.21. The number of sulfone groups is 1. The van der Waals surface area contributed by atoms with Gasteiger partial charge in [0.05, 0.1) is 10.9 Å². The lowest BCUT2D eigenvalue weighted by molar-refractivity contribution is 0.354. The predicted molar refractivity (Wildman–Crippen MR) is 103 cm³/mol. The molecule has 3 rings (SSSR count). The first kappa shape index (κ1) is 18.2. The molecule has 0 amide bonds. The molecule has 0 bridgehead atoms. The van der Waals surface area contributed by atoms with Gasteiger partial charge < -0.3 is 5.32 Å². The molecule has 1 unspecified atom stereocenters. The monoisotopic (exact) mass is 357 g/mol. The van der Waals surface area contributed by atoms with Crippen molar-refractivity contribution in [2.75, 3.05) is 6.26 Å². The number of aryl methyl sites for hydroxylation is 1. The third-order valence-electron chi connectivity index (χ3n) is 5.04. The SMILES string of the molecule is Cc1ccc(C(NC2CCCCC2)c2cccc(S(C)(=O)=O)c2)cc1. The molecule has 4 heteroatoms. The second-order valence-corrected chi connectivity index (χ2v) is 9.21. The van der Waals surface area contributed by atoms with Crippen LogP contribution in [-0.4, -0.2) is 20.7 Å². The van der Waals surface area contributed by atoms with E-state index in [-0.39, 0.29) is 6.04 Å². The van der Waals surface area contributed by atoms with Crippen LogP contribution in [0.5, 0.6) is 0 Å². The van der Waals surface area contributed by atoms with Gasteiger partial charge in [-0.25, -0.2) is 8.42 Å². The van der Waals surface area contributed by atoms with E-state index in [4.69, 9.17) is 0 Å². The standard InChI is InChI=1S/C21H27NO2S/c1-16-11-13-17(14-12-16)21(22-19-8-4-3-5-9-19)18-7-6-10-20(15-18)25(2,23)24/h6-7,10-15,19,21-22H,3-5,8-9H2,1-2H3. The van der Waals surface area contributed by atoms with Crippen molar-refractivity contribution in [1.82, 2.24) is 5.32 Å². The van der Waals surface area contributed by atoms with Crippen molar-refractivity contribution in [3.8, 4) is 0 Å². The van der Waals surface area contributed by atoms with Gasteiger partial charge in [-0.15, -0.1) is 0 Å². The minimum absolute atomic E-state index is 0.0189. The van der Waals surface area contributed by atoms with Crippen LogP contribution in [0.4, 0.5) is 0 Å². The Morgan fingerprint density at radius 1 is 0.960 bits per heavy atom. The van der Waals surface area contributed by atoms with E-state index in [2.05, 4.69) is 36.5 Å². The Kier molecular flexibility index (Phi) is 5.60. The summed E-state index contributed by atoms with van der Waals surface area (Å²) in [5.74, 6) is 0. The Bertz CT molecular complexity index is 806. The Labute approximate surface area is 151 Å². The fourth-order valence-corrected chi connectivity index (χ4v) is 4.25. The molecule has 0 heterocycles. The van der Waals surface area contributed by atoms with Gasteiger partial charge in [-0.05, 0) is 43.0 Å². The molecular weight excluding hydrogens is 330 g/mol. The molecule has 1 fully saturated rings. The molecule has 1 aliphatic carbocycles. The summed E-state index contributed by atoms with van der Waals surface area (Å²) >= 11 is 0. The van der Waals surface area contributed by atoms with Gasteiger partial charge in [0.1, 0.15) is 0 Å². The molecule has 0 spiro atoms. The zero-order valence-corrected chi connectivity index (χ0v) is 15.9. The van der Waals surface area contributed by atoms with E-state index in [9.17, 15) is 8.42 Å². The van der Waals surface area contributed by atoms with Crippen LogP contribution in [0.15, 0.2) is 53.4 Å². The first-order valence-electron chi connectivity index (χ1n) is 9.06. The Balaban J connectivity index is 1.96. The molecule has 0 saturated heterocycles. The molecule has 3 nitrogen and oxygen atoms in total. The summed E-state index contributed by atoms with van der Waals surface area (Å²) in [6.45, 7) is 2.08. The summed E-state index contributed by atoms with van der Waals surface area (Å²) < 4.78 is 23.9. The maximum absolute atomic E-state index is 12.0. The highest BCUT2D eigenvalue weighted by molar-refractivity contribution is 7.90. The zero-order valence-electron chi connectivity index (χ0n) is 15.0. The second-order valence-electron chi connectivity index (χ2n) is 7.19. The van der Waals surface area contributed by atoms with Crippen LogP contribution in [-0.2, 0) is 9.84 Å². The molecule has 0 radical (unpaired) electrons. The topological polar surface area (TPSA) is 46.2 Å². The van der Waals surface area contributed by atoms with Gasteiger partial charge in [-0.2, -0.15) is 0 Å². The summed E-state index contributed by atoms with van der Waals surface area (Å²) in [5, 5.41) is 3.79. The molecule has 1 atom stereocenters. The highest BCUT2D eigenvalue weighted by Gasteiger charge is 2.21. The van der Waals surface area contributed by atoms with Crippen LogP contribution < -0.4 is 5.32 Å². The van der Waals surface area contributed by atoms with E-state index in [0.717, 1.165) is 5.56 Å². The summed E-state index contributed by atoms with van der Waals surface area (Å²) in [5.41, 5.74) is 3.42. The second kappa shape index (κ2) is 7.71. The van der Waals surface area contributed by atoms with E-state index in [1.165, 1.54) is 49.5 Å². The number of rotatable bonds is 5. The third-order valence-corrected chi connectivity index (χ3v) is 6.15. The Hall–Kier alpha value is -1.65. The first-order valence-corrected chi connectivity index (χ1v) is 11.0. The quantitative estimate of drug-likeness (QED) is 0.862. The number of hydrogen-bond acceptors (Lipinski definition) is 3. The zero-order chi connectivity index (χ0) is 17.9. The van der Waals surface area contributed by atoms with Crippen molar-refractivity contribution in [2.45, 2.75) is 56.0 Å². The van der Waals surface area contributed by atoms with Crippen molar-refractivity contribution in [3.05, 3.63) is 65.2 Å². The maximum atomic E-state index is 12.0. The molecule has 0 aromatic heterocycles. The lowest BCUT2D eigenvalue weighted by atomic mass is 9.91. The van der Waals surface area contributed by atoms with Gasteiger partial charge in [-0.3, -0.25) is 0 Å². The average molecular weight is 358 g/mol. The van der Waals surface area contributed by atoms with Gasteiger partial charge in [0.25, 0.3) is 0 Å². The van der Waals surface area contributed by atoms with Crippen molar-refractivity contribution in [1.29, 1.82) is 0 Å². The van der Waals surface area contributed by atoms with Gasteiger partial charge >= 0.3 is 0 Å². The summed E-state index contributed by atoms with van der Waals surface area (Å²) in [6.07, 6.45) is 7.49. The highest BCUT2D eigenvalue weighted by atomic mass is 32.2. The van der Waals surface area contributed by atoms with E-state index < -0.39 is 9.84 Å². The number of benzene rings is 2. The number of hydrogen-bond donors (Lipinski definition) is 1. The molecule has 0 aliphatic heterocycles. The summed E-state index contributed by atoms with van der Waals surface area (Å²) in [6, 6.07) is 16.4. The highest BCUT2D eigenvalue weighted by Crippen LogP contribution is 2.28. The molecule has 1 N–H and O–H groups in total. The van der Waals surface area contributed by atoms with Crippen molar-refractivity contribution in [2.24, 2.45) is 0 Å². The van der Waals surface area contributed by atoms with E-state index in [0.29, 0.717) is 10.9 Å². The van der Waals surface area contributed by atoms with Crippen LogP contribution in [0.2, 0.25) is 0 Å². The average Bonchev–Trinajstić information content (AvgIpc) is 2.61. The fraction of sp³-hybridized carbons (Fsp3) is 0.429. The van der Waals surface area contributed by atoms with Gasteiger partial charge in [0.2, 0.25) is 0 Å². The minimum atomic E-state index is -3.21. The summed E-state index contributed by atoms with van der Waals surface area (Å²) in [4.78, 5) is 0.382. The van der Waals surface area contributed by atoms with Crippen molar-refractivity contribution < 1.29 is 8.42 Å². The lowest BCUT2D eigenvalue weighted by Gasteiger charge is -2.29. The molecule has 2 aromatic carbocycles. The van der Waals surface area contributed by atoms with Crippen LogP contribution in [0.25, 0.3) is 0 Å². The van der Waals surface area contributed by atoms with Crippen LogP contribution in [0.1, 0.15) is 54.8 Å². The molecular formula is C21H27NO2S. The smallest absolute Gasteiger partial charge is 0.175 e. The van der Waals surface area contributed by atoms with Crippen LogP contribution >= 0.6 is 0 Å². The predicted octanol–water partition coefficient (Wildman–Crippen LogP) is 4.41. The lowest BCUT2D eigenvalue weighted by Crippen LogP contribution is -2.35. The van der Waals surface area contributed by atoms with Gasteiger partial charge in [0.15, 0.2) is 9.84 Å². The minimum Gasteiger partial charge on any atom is -0.303 e. The number of nitrogens with one attached hydrogen (secondary N) is 1. The normalized spacial score (nSPS) is 17.4. The van der Waals surface area contributed by atoms with E-state index in [1.54, 1.807) is 6.07 Å². The molecule has 1 aliphatic rings. The molecule has 134 valence electrons. The third kappa shape index (κ3) is 4.71. The van der Waals surface area contributed by atoms with Crippen molar-refractivity contribution in [3.63, 3.8) is 0 Å². The first-order chi connectivity index (χ1) is 11.9. The van der Waals surface area contributed by atoms with Crippen LogP contribution in [0.3, 0.4) is 0 Å². The largest absolute Gasteiger partial charge is 0.303 e. The van der Waals surface area contributed by atoms with E-state index in [1.807, 2.05) is 18.2 Å². The molecule has 2 aromatic rings. The van der Waals surface area contributed by atoms with Crippen LogP contribution in [0, 0.1) is 6.92 Å². The molecule has 1 saturated carbocycles. The van der Waals surface area contributed by atoms with Gasteiger partial charge in [-0.1, -0.05) is 61.2 Å². The van der Waals surface area contributed by atoms with Gasteiger partial charge in [0, 0.05) is 12.3 Å². The van der Waals surface area contributed by atoms with Crippen molar-refractivity contribution >= 4 is 9.84 Å². The fourth-order valence-electron chi connectivity index (χ4n) is 3.57. The Morgan fingerprint density at radius 2 is 1.64 bits per heavy atom. The maximum Gasteiger partial charge on any atom is 0.175 e.